The van der Waals surface area contributed by atoms with Crippen LogP contribution in [0.2, 0.25) is 0 Å². The summed E-state index contributed by atoms with van der Waals surface area (Å²) in [4.78, 5) is 13.8. The maximum absolute atomic E-state index is 11.5. The highest BCUT2D eigenvalue weighted by molar-refractivity contribution is 5.70. The van der Waals surface area contributed by atoms with Crippen molar-refractivity contribution in [1.29, 1.82) is 0 Å². The summed E-state index contributed by atoms with van der Waals surface area (Å²) in [6.07, 6.45) is 7.37. The summed E-state index contributed by atoms with van der Waals surface area (Å²) in [5, 5.41) is 9.43. The van der Waals surface area contributed by atoms with E-state index in [4.69, 9.17) is 4.74 Å². The molecule has 1 N–H and O–H groups in total. The average Bonchev–Trinajstić information content (AvgIpc) is 2.64. The second-order valence-corrected chi connectivity index (χ2v) is 5.66. The normalized spacial score (nSPS) is 31.2. The lowest BCUT2D eigenvalue weighted by atomic mass is 9.91. The lowest BCUT2D eigenvalue weighted by Crippen LogP contribution is -2.48. The van der Waals surface area contributed by atoms with Crippen molar-refractivity contribution in [2.24, 2.45) is 5.92 Å². The summed E-state index contributed by atoms with van der Waals surface area (Å²) in [6, 6.07) is 0.719. The van der Waals surface area contributed by atoms with Crippen molar-refractivity contribution in [3.05, 3.63) is 0 Å². The maximum Gasteiger partial charge on any atom is 0.308 e. The van der Waals surface area contributed by atoms with Gasteiger partial charge in [0.2, 0.25) is 0 Å². The SMILES string of the molecule is CN(C1CCOCC1)C1CCCCCC1C(=O)O. The van der Waals surface area contributed by atoms with E-state index in [1.807, 2.05) is 0 Å². The van der Waals surface area contributed by atoms with E-state index in [1.54, 1.807) is 0 Å². The molecule has 2 atom stereocenters. The van der Waals surface area contributed by atoms with Crippen LogP contribution in [0.25, 0.3) is 0 Å². The minimum absolute atomic E-state index is 0.180. The monoisotopic (exact) mass is 255 g/mol. The van der Waals surface area contributed by atoms with E-state index in [1.165, 1.54) is 12.8 Å². The Balaban J connectivity index is 2.03. The van der Waals surface area contributed by atoms with E-state index < -0.39 is 5.97 Å². The van der Waals surface area contributed by atoms with Crippen LogP contribution in [0.4, 0.5) is 0 Å². The zero-order chi connectivity index (χ0) is 13.0. The van der Waals surface area contributed by atoms with Gasteiger partial charge in [0.15, 0.2) is 0 Å². The Bertz CT molecular complexity index is 276. The predicted molar refractivity (Wildman–Crippen MR) is 69.6 cm³/mol. The first-order valence-electron chi connectivity index (χ1n) is 7.22. The molecular formula is C14H25NO3. The molecule has 0 bridgehead atoms. The number of hydrogen-bond donors (Lipinski definition) is 1. The predicted octanol–water partition coefficient (Wildman–Crippen LogP) is 2.13. The molecule has 1 heterocycles. The molecule has 1 aliphatic carbocycles. The van der Waals surface area contributed by atoms with Gasteiger partial charge < -0.3 is 9.84 Å². The fourth-order valence-electron chi connectivity index (χ4n) is 3.43. The van der Waals surface area contributed by atoms with Gasteiger partial charge in [0.1, 0.15) is 0 Å². The van der Waals surface area contributed by atoms with Gasteiger partial charge in [-0.1, -0.05) is 19.3 Å². The van der Waals surface area contributed by atoms with Crippen molar-refractivity contribution >= 4 is 5.97 Å². The Morgan fingerprint density at radius 1 is 1.11 bits per heavy atom. The summed E-state index contributed by atoms with van der Waals surface area (Å²) < 4.78 is 5.39. The molecule has 2 aliphatic rings. The van der Waals surface area contributed by atoms with Gasteiger partial charge in [0.25, 0.3) is 0 Å². The molecule has 0 aromatic heterocycles. The summed E-state index contributed by atoms with van der Waals surface area (Å²) in [5.74, 6) is -0.791. The van der Waals surface area contributed by atoms with Crippen molar-refractivity contribution in [3.8, 4) is 0 Å². The van der Waals surface area contributed by atoms with Crippen LogP contribution in [-0.4, -0.2) is 48.3 Å². The third-order valence-corrected chi connectivity index (χ3v) is 4.59. The van der Waals surface area contributed by atoms with Crippen molar-refractivity contribution < 1.29 is 14.6 Å². The van der Waals surface area contributed by atoms with Crippen LogP contribution in [-0.2, 0) is 9.53 Å². The smallest absolute Gasteiger partial charge is 0.308 e. The second-order valence-electron chi connectivity index (χ2n) is 5.66. The lowest BCUT2D eigenvalue weighted by molar-refractivity contribution is -0.145. The molecule has 1 aliphatic heterocycles. The number of aliphatic carboxylic acids is 1. The number of hydrogen-bond acceptors (Lipinski definition) is 3. The molecule has 4 heteroatoms. The first-order chi connectivity index (χ1) is 8.70. The molecule has 1 saturated heterocycles. The van der Waals surface area contributed by atoms with Crippen LogP contribution >= 0.6 is 0 Å². The Morgan fingerprint density at radius 2 is 1.78 bits per heavy atom. The van der Waals surface area contributed by atoms with Crippen LogP contribution in [0.5, 0.6) is 0 Å². The number of carboxylic acids is 1. The molecule has 0 aromatic carbocycles. The van der Waals surface area contributed by atoms with Gasteiger partial charge >= 0.3 is 5.97 Å². The number of rotatable bonds is 3. The average molecular weight is 255 g/mol. The largest absolute Gasteiger partial charge is 0.481 e. The van der Waals surface area contributed by atoms with Crippen LogP contribution < -0.4 is 0 Å². The van der Waals surface area contributed by atoms with Gasteiger partial charge in [-0.15, -0.1) is 0 Å². The van der Waals surface area contributed by atoms with Gasteiger partial charge in [-0.05, 0) is 32.7 Å². The third-order valence-electron chi connectivity index (χ3n) is 4.59. The number of carbonyl (C=O) groups is 1. The van der Waals surface area contributed by atoms with E-state index in [0.717, 1.165) is 45.3 Å². The van der Waals surface area contributed by atoms with Crippen molar-refractivity contribution in [2.75, 3.05) is 20.3 Å². The molecule has 0 aromatic rings. The van der Waals surface area contributed by atoms with E-state index in [-0.39, 0.29) is 12.0 Å². The highest BCUT2D eigenvalue weighted by Crippen LogP contribution is 2.30. The molecule has 104 valence electrons. The quantitative estimate of drug-likeness (QED) is 0.785. The van der Waals surface area contributed by atoms with Gasteiger partial charge in [0.05, 0.1) is 5.92 Å². The molecule has 2 fully saturated rings. The van der Waals surface area contributed by atoms with E-state index in [9.17, 15) is 9.90 Å². The first-order valence-corrected chi connectivity index (χ1v) is 7.22. The first kappa shape index (κ1) is 13.8. The Hall–Kier alpha value is -0.610. The molecule has 18 heavy (non-hydrogen) atoms. The maximum atomic E-state index is 11.5. The Kier molecular flexibility index (Phi) is 5.01. The topological polar surface area (TPSA) is 49.8 Å². The standard InChI is InChI=1S/C14H25NO3/c1-15(11-7-9-18-10-8-11)13-6-4-2-3-5-12(13)14(16)17/h11-13H,2-10H2,1H3,(H,16,17). The molecular weight excluding hydrogens is 230 g/mol. The molecule has 0 radical (unpaired) electrons. The fraction of sp³-hybridized carbons (Fsp3) is 0.929. The second kappa shape index (κ2) is 6.53. The highest BCUT2D eigenvalue weighted by atomic mass is 16.5. The van der Waals surface area contributed by atoms with E-state index in [2.05, 4.69) is 11.9 Å². The lowest BCUT2D eigenvalue weighted by Gasteiger charge is -2.39. The zero-order valence-electron chi connectivity index (χ0n) is 11.3. The number of carboxylic acid groups (broad SMARTS) is 1. The minimum atomic E-state index is -0.610. The van der Waals surface area contributed by atoms with Crippen LogP contribution in [0, 0.1) is 5.92 Å². The molecule has 0 spiro atoms. The van der Waals surface area contributed by atoms with Crippen LogP contribution in [0.3, 0.4) is 0 Å². The van der Waals surface area contributed by atoms with E-state index >= 15 is 0 Å². The Labute approximate surface area is 109 Å². The number of ether oxygens (including phenoxy) is 1. The minimum Gasteiger partial charge on any atom is -0.481 e. The number of nitrogens with zero attached hydrogens (tertiary/aromatic N) is 1. The summed E-state index contributed by atoms with van der Waals surface area (Å²) in [7, 11) is 2.11. The highest BCUT2D eigenvalue weighted by Gasteiger charge is 2.35. The van der Waals surface area contributed by atoms with Gasteiger partial charge in [-0.2, -0.15) is 0 Å². The Morgan fingerprint density at radius 3 is 2.44 bits per heavy atom. The van der Waals surface area contributed by atoms with Crippen molar-refractivity contribution in [3.63, 3.8) is 0 Å². The van der Waals surface area contributed by atoms with Gasteiger partial charge in [-0.3, -0.25) is 9.69 Å². The summed E-state index contributed by atoms with van der Waals surface area (Å²) >= 11 is 0. The van der Waals surface area contributed by atoms with Gasteiger partial charge in [-0.25, -0.2) is 0 Å². The molecule has 0 amide bonds. The molecule has 2 unspecified atom stereocenters. The molecule has 2 rings (SSSR count). The van der Waals surface area contributed by atoms with Crippen molar-refractivity contribution in [1.82, 2.24) is 4.90 Å². The molecule has 4 nitrogen and oxygen atoms in total. The van der Waals surface area contributed by atoms with Gasteiger partial charge in [0, 0.05) is 25.3 Å². The fourth-order valence-corrected chi connectivity index (χ4v) is 3.43. The van der Waals surface area contributed by atoms with E-state index in [0.29, 0.717) is 6.04 Å². The molecule has 1 saturated carbocycles. The van der Waals surface area contributed by atoms with Crippen LogP contribution in [0.15, 0.2) is 0 Å². The zero-order valence-corrected chi connectivity index (χ0v) is 11.3. The third kappa shape index (κ3) is 3.23. The van der Waals surface area contributed by atoms with Crippen LogP contribution in [0.1, 0.15) is 44.9 Å². The summed E-state index contributed by atoms with van der Waals surface area (Å²) in [5.41, 5.74) is 0. The summed E-state index contributed by atoms with van der Waals surface area (Å²) in [6.45, 7) is 1.64. The van der Waals surface area contributed by atoms with Crippen molar-refractivity contribution in [2.45, 2.75) is 57.0 Å².